The van der Waals surface area contributed by atoms with Crippen LogP contribution in [0.5, 0.6) is 5.75 Å². The number of aryl methyl sites for hydroxylation is 1. The topological polar surface area (TPSA) is 94.6 Å². The lowest BCUT2D eigenvalue weighted by molar-refractivity contribution is -0.139. The number of nitrogens with two attached hydrogens (primary N) is 1. The molecule has 0 saturated carbocycles. The summed E-state index contributed by atoms with van der Waals surface area (Å²) in [5.41, 5.74) is 6.07. The number of hydrogen-bond acceptors (Lipinski definition) is 3. The van der Waals surface area contributed by atoms with Crippen molar-refractivity contribution >= 4 is 33.7 Å². The molecular formula is C25H20F4N2O4. The number of carbonyl (C=O) groups excluding carboxylic acids is 1. The summed E-state index contributed by atoms with van der Waals surface area (Å²) in [5, 5.41) is 9.81. The number of nitrogens with zero attached hydrogens (tertiary/aromatic N) is 1. The van der Waals surface area contributed by atoms with Crippen molar-refractivity contribution in [3.8, 4) is 5.75 Å². The summed E-state index contributed by atoms with van der Waals surface area (Å²) < 4.78 is 61.6. The maximum absolute atomic E-state index is 14.6. The molecule has 1 heterocycles. The van der Waals surface area contributed by atoms with E-state index >= 15 is 0 Å². The Balaban J connectivity index is 2.06. The zero-order valence-corrected chi connectivity index (χ0v) is 18.4. The maximum Gasteiger partial charge on any atom is 0.416 e. The van der Waals surface area contributed by atoms with Gasteiger partial charge in [-0.25, -0.2) is 9.18 Å². The smallest absolute Gasteiger partial charge is 0.416 e. The van der Waals surface area contributed by atoms with E-state index in [0.29, 0.717) is 34.3 Å². The minimum atomic E-state index is -4.66. The number of aliphatic carboxylic acids is 1. The summed E-state index contributed by atoms with van der Waals surface area (Å²) in [5.74, 6) is -2.63. The quantitative estimate of drug-likeness (QED) is 0.353. The number of halogens is 4. The molecule has 0 aliphatic heterocycles. The van der Waals surface area contributed by atoms with E-state index in [1.54, 1.807) is 28.8 Å². The van der Waals surface area contributed by atoms with Crippen LogP contribution in [0.15, 0.2) is 48.5 Å². The summed E-state index contributed by atoms with van der Waals surface area (Å²) in [6, 6.07) is 10.2. The highest BCUT2D eigenvalue weighted by molar-refractivity contribution is 6.20. The van der Waals surface area contributed by atoms with Crippen LogP contribution in [0.25, 0.3) is 21.8 Å². The Morgan fingerprint density at radius 3 is 2.43 bits per heavy atom. The fourth-order valence-electron chi connectivity index (χ4n) is 4.15. The minimum absolute atomic E-state index is 0.111. The van der Waals surface area contributed by atoms with Gasteiger partial charge in [-0.15, -0.1) is 0 Å². The molecule has 1 amide bonds. The largest absolute Gasteiger partial charge is 0.481 e. The normalized spacial score (nSPS) is 11.8. The molecule has 4 aromatic rings. The number of rotatable bonds is 7. The number of carboxylic acid groups (broad SMARTS) is 1. The van der Waals surface area contributed by atoms with E-state index in [2.05, 4.69) is 0 Å². The molecule has 0 spiro atoms. The van der Waals surface area contributed by atoms with Crippen molar-refractivity contribution in [2.75, 3.05) is 6.61 Å². The van der Waals surface area contributed by atoms with Crippen LogP contribution in [0.1, 0.15) is 34.0 Å². The van der Waals surface area contributed by atoms with Gasteiger partial charge < -0.3 is 20.1 Å². The number of fused-ring (bicyclic) bond motifs is 3. The van der Waals surface area contributed by atoms with Crippen LogP contribution in [0.2, 0.25) is 0 Å². The number of primary amides is 1. The van der Waals surface area contributed by atoms with Crippen molar-refractivity contribution in [3.63, 3.8) is 0 Å². The standard InChI is InChI=1S/C25H20F4N2O4/c1-2-13-8-19-23(20(9-13)35-12-21(32)33)22-16(24(30)34)4-3-5-18(22)31(19)11-14-10-15(25(27,28)29)6-7-17(14)26/h3-10H,2,11-12H2,1H3,(H2,30,34)(H,32,33). The van der Waals surface area contributed by atoms with Gasteiger partial charge in [-0.1, -0.05) is 13.0 Å². The molecule has 182 valence electrons. The van der Waals surface area contributed by atoms with Gasteiger partial charge in [0.1, 0.15) is 11.6 Å². The van der Waals surface area contributed by atoms with E-state index < -0.39 is 36.0 Å². The Morgan fingerprint density at radius 2 is 1.80 bits per heavy atom. The summed E-state index contributed by atoms with van der Waals surface area (Å²) in [7, 11) is 0. The third-order valence-electron chi connectivity index (χ3n) is 5.74. The molecule has 0 radical (unpaired) electrons. The first kappa shape index (κ1) is 24.1. The Morgan fingerprint density at radius 1 is 1.06 bits per heavy atom. The molecule has 1 aromatic heterocycles. The van der Waals surface area contributed by atoms with E-state index in [9.17, 15) is 27.2 Å². The predicted octanol–water partition coefficient (Wildman–Crippen LogP) is 5.13. The van der Waals surface area contributed by atoms with E-state index in [1.165, 1.54) is 6.07 Å². The Bertz CT molecular complexity index is 1470. The van der Waals surface area contributed by atoms with Gasteiger partial charge in [-0.05, 0) is 54.4 Å². The highest BCUT2D eigenvalue weighted by Gasteiger charge is 2.31. The second-order valence-electron chi connectivity index (χ2n) is 7.98. The molecule has 3 N–H and O–H groups in total. The van der Waals surface area contributed by atoms with Crippen LogP contribution in [0.4, 0.5) is 17.6 Å². The maximum atomic E-state index is 14.6. The number of amides is 1. The monoisotopic (exact) mass is 488 g/mol. The number of ether oxygens (including phenoxy) is 1. The molecular weight excluding hydrogens is 468 g/mol. The van der Waals surface area contributed by atoms with Crippen LogP contribution in [-0.4, -0.2) is 28.2 Å². The molecule has 3 aromatic carbocycles. The average Bonchev–Trinajstić information content (AvgIpc) is 3.11. The van der Waals surface area contributed by atoms with E-state index in [1.807, 2.05) is 6.92 Å². The third-order valence-corrected chi connectivity index (χ3v) is 5.74. The van der Waals surface area contributed by atoms with E-state index in [4.69, 9.17) is 15.6 Å². The van der Waals surface area contributed by atoms with Gasteiger partial charge in [-0.2, -0.15) is 13.2 Å². The lowest BCUT2D eigenvalue weighted by atomic mass is 10.0. The second-order valence-corrected chi connectivity index (χ2v) is 7.98. The minimum Gasteiger partial charge on any atom is -0.481 e. The summed E-state index contributed by atoms with van der Waals surface area (Å²) in [6.07, 6.45) is -4.13. The number of aromatic nitrogens is 1. The summed E-state index contributed by atoms with van der Waals surface area (Å²) in [4.78, 5) is 23.4. The predicted molar refractivity (Wildman–Crippen MR) is 121 cm³/mol. The van der Waals surface area contributed by atoms with Crippen molar-refractivity contribution in [2.45, 2.75) is 26.1 Å². The van der Waals surface area contributed by atoms with E-state index in [0.717, 1.165) is 17.7 Å². The molecule has 10 heteroatoms. The molecule has 0 atom stereocenters. The first-order valence-electron chi connectivity index (χ1n) is 10.6. The molecule has 4 rings (SSSR count). The van der Waals surface area contributed by atoms with Crippen LogP contribution < -0.4 is 10.5 Å². The number of hydrogen-bond donors (Lipinski definition) is 2. The van der Waals surface area contributed by atoms with Gasteiger partial charge in [0, 0.05) is 16.5 Å². The lowest BCUT2D eigenvalue weighted by Crippen LogP contribution is -2.12. The third kappa shape index (κ3) is 4.51. The molecule has 0 aliphatic rings. The summed E-state index contributed by atoms with van der Waals surface area (Å²) >= 11 is 0. The van der Waals surface area contributed by atoms with Gasteiger partial charge in [0.25, 0.3) is 0 Å². The molecule has 0 bridgehead atoms. The fourth-order valence-corrected chi connectivity index (χ4v) is 4.15. The highest BCUT2D eigenvalue weighted by Crippen LogP contribution is 2.40. The molecule has 0 fully saturated rings. The summed E-state index contributed by atoms with van der Waals surface area (Å²) in [6.45, 7) is 0.913. The number of alkyl halides is 3. The van der Waals surface area contributed by atoms with Crippen molar-refractivity contribution in [2.24, 2.45) is 5.73 Å². The van der Waals surface area contributed by atoms with Crippen molar-refractivity contribution < 1.29 is 37.0 Å². The highest BCUT2D eigenvalue weighted by atomic mass is 19.4. The van der Waals surface area contributed by atoms with Crippen LogP contribution in [0.3, 0.4) is 0 Å². The molecule has 6 nitrogen and oxygen atoms in total. The first-order chi connectivity index (χ1) is 16.5. The molecule has 0 aliphatic carbocycles. The molecule has 35 heavy (non-hydrogen) atoms. The zero-order chi connectivity index (χ0) is 25.5. The van der Waals surface area contributed by atoms with Gasteiger partial charge in [0.05, 0.1) is 28.5 Å². The fraction of sp³-hybridized carbons (Fsp3) is 0.200. The first-order valence-corrected chi connectivity index (χ1v) is 10.6. The Labute approximate surface area is 196 Å². The number of carboxylic acids is 1. The van der Waals surface area contributed by atoms with Gasteiger partial charge in [0.15, 0.2) is 6.61 Å². The lowest BCUT2D eigenvalue weighted by Gasteiger charge is -2.13. The average molecular weight is 488 g/mol. The van der Waals surface area contributed by atoms with E-state index in [-0.39, 0.29) is 23.4 Å². The SMILES string of the molecule is CCc1cc(OCC(=O)O)c2c3c(C(N)=O)cccc3n(Cc3cc(C(F)(F)F)ccc3F)c2c1. The van der Waals surface area contributed by atoms with Crippen molar-refractivity contribution in [3.05, 3.63) is 76.6 Å². The Kier molecular flexibility index (Phi) is 6.14. The number of carbonyl (C=O) groups is 2. The van der Waals surface area contributed by atoms with Gasteiger partial charge >= 0.3 is 12.1 Å². The van der Waals surface area contributed by atoms with Crippen molar-refractivity contribution in [1.82, 2.24) is 4.57 Å². The van der Waals surface area contributed by atoms with Crippen LogP contribution in [-0.2, 0) is 23.9 Å². The van der Waals surface area contributed by atoms with Crippen molar-refractivity contribution in [1.29, 1.82) is 0 Å². The van der Waals surface area contributed by atoms with Gasteiger partial charge in [0.2, 0.25) is 5.91 Å². The number of benzene rings is 3. The van der Waals surface area contributed by atoms with Crippen LogP contribution >= 0.6 is 0 Å². The molecule has 0 unspecified atom stereocenters. The Hall–Kier alpha value is -4.08. The van der Waals surface area contributed by atoms with Gasteiger partial charge in [-0.3, -0.25) is 4.79 Å². The van der Waals surface area contributed by atoms with Crippen LogP contribution in [0, 0.1) is 5.82 Å². The zero-order valence-electron chi connectivity index (χ0n) is 18.4. The second kappa shape index (κ2) is 8.94. The molecule has 0 saturated heterocycles.